The second-order valence-electron chi connectivity index (χ2n) is 5.45. The van der Waals surface area contributed by atoms with Crippen LogP contribution in [0.4, 0.5) is 0 Å². The van der Waals surface area contributed by atoms with Gasteiger partial charge in [-0.05, 0) is 0 Å². The van der Waals surface area contributed by atoms with Crippen molar-refractivity contribution >= 4 is 18.6 Å². The Labute approximate surface area is 157 Å². The quantitative estimate of drug-likeness (QED) is 0.560. The minimum atomic E-state index is 0. The van der Waals surface area contributed by atoms with E-state index in [1.807, 2.05) is 32.3 Å². The van der Waals surface area contributed by atoms with Gasteiger partial charge in [0.25, 0.3) is 0 Å². The van der Waals surface area contributed by atoms with Gasteiger partial charge in [-0.15, -0.1) is 0 Å². The Morgan fingerprint density at radius 3 is 1.22 bits per heavy atom. The van der Waals surface area contributed by atoms with Crippen molar-refractivity contribution in [2.24, 2.45) is 0 Å². The summed E-state index contributed by atoms with van der Waals surface area (Å²) in [6, 6.07) is 0. The van der Waals surface area contributed by atoms with Crippen molar-refractivity contribution in [2.75, 3.05) is 0 Å². The molecule has 144 valence electrons. The number of imidazole rings is 3. The average Bonchev–Trinajstić information content (AvgIpc) is 3.35. The molecule has 0 spiro atoms. The fraction of sp³-hybridized carbons (Fsp3) is 0.167. The van der Waals surface area contributed by atoms with Crippen LogP contribution in [0, 0.1) is 0 Å². The van der Waals surface area contributed by atoms with Gasteiger partial charge in [-0.2, -0.15) is 0 Å². The highest BCUT2D eigenvalue weighted by Gasteiger charge is 2.15. The zero-order valence-corrected chi connectivity index (χ0v) is 15.1. The van der Waals surface area contributed by atoms with E-state index in [4.69, 9.17) is 0 Å². The Morgan fingerprint density at radius 1 is 0.667 bits per heavy atom. The van der Waals surface area contributed by atoms with E-state index < -0.39 is 0 Å². The lowest BCUT2D eigenvalue weighted by Gasteiger charge is -2.21. The third kappa shape index (κ3) is 4.88. The number of aromatic nitrogens is 6. The van der Waals surface area contributed by atoms with Gasteiger partial charge in [-0.25, -0.2) is 15.0 Å². The SMILES string of the molecule is C=Cn1ccnc1CN(Cc1nccn1C=C)Cc1nccn1C=C.O.O. The summed E-state index contributed by atoms with van der Waals surface area (Å²) in [5.41, 5.74) is 0. The molecule has 0 unspecified atom stereocenters. The first-order chi connectivity index (χ1) is 12.2. The van der Waals surface area contributed by atoms with E-state index in [1.165, 1.54) is 0 Å². The van der Waals surface area contributed by atoms with Crippen molar-refractivity contribution in [3.05, 3.63) is 74.4 Å². The van der Waals surface area contributed by atoms with Crippen LogP contribution in [0.2, 0.25) is 0 Å². The Balaban J connectivity index is 0.00000182. The van der Waals surface area contributed by atoms with Gasteiger partial charge in [-0.3, -0.25) is 4.90 Å². The van der Waals surface area contributed by atoms with E-state index in [0.717, 1.165) is 17.5 Å². The van der Waals surface area contributed by atoms with Gasteiger partial charge in [0.1, 0.15) is 17.5 Å². The lowest BCUT2D eigenvalue weighted by atomic mass is 10.4. The van der Waals surface area contributed by atoms with Crippen LogP contribution >= 0.6 is 0 Å². The third-order valence-corrected chi connectivity index (χ3v) is 3.93. The molecular formula is C18H25N7O2. The monoisotopic (exact) mass is 371 g/mol. The third-order valence-electron chi connectivity index (χ3n) is 3.93. The summed E-state index contributed by atoms with van der Waals surface area (Å²) < 4.78 is 5.73. The molecule has 0 aromatic carbocycles. The van der Waals surface area contributed by atoms with Crippen LogP contribution in [0.25, 0.3) is 18.6 Å². The molecule has 0 aliphatic rings. The highest BCUT2D eigenvalue weighted by atomic mass is 16.0. The first-order valence-corrected chi connectivity index (χ1v) is 7.90. The van der Waals surface area contributed by atoms with Crippen LogP contribution in [0.5, 0.6) is 0 Å². The van der Waals surface area contributed by atoms with Crippen molar-refractivity contribution in [3.8, 4) is 0 Å². The zero-order valence-electron chi connectivity index (χ0n) is 15.1. The molecule has 0 radical (unpaired) electrons. The fourth-order valence-corrected chi connectivity index (χ4v) is 2.67. The molecule has 0 saturated carbocycles. The van der Waals surface area contributed by atoms with Crippen LogP contribution in [0.1, 0.15) is 17.5 Å². The number of rotatable bonds is 9. The van der Waals surface area contributed by atoms with Crippen LogP contribution in [-0.2, 0) is 19.6 Å². The van der Waals surface area contributed by atoms with E-state index in [-0.39, 0.29) is 11.0 Å². The minimum Gasteiger partial charge on any atom is -0.412 e. The molecule has 0 atom stereocenters. The fourth-order valence-electron chi connectivity index (χ4n) is 2.67. The summed E-state index contributed by atoms with van der Waals surface area (Å²) in [5, 5.41) is 0. The summed E-state index contributed by atoms with van der Waals surface area (Å²) in [5.74, 6) is 2.72. The molecule has 0 saturated heterocycles. The highest BCUT2D eigenvalue weighted by Crippen LogP contribution is 2.13. The molecule has 27 heavy (non-hydrogen) atoms. The largest absolute Gasteiger partial charge is 0.412 e. The Hall–Kier alpha value is -3.27. The number of nitrogens with zero attached hydrogens (tertiary/aromatic N) is 7. The molecule has 0 bridgehead atoms. The van der Waals surface area contributed by atoms with Crippen LogP contribution in [0.15, 0.2) is 56.9 Å². The summed E-state index contributed by atoms with van der Waals surface area (Å²) in [7, 11) is 0. The molecule has 9 nitrogen and oxygen atoms in total. The van der Waals surface area contributed by atoms with Crippen LogP contribution in [0.3, 0.4) is 0 Å². The highest BCUT2D eigenvalue weighted by molar-refractivity contribution is 5.22. The van der Waals surface area contributed by atoms with Gasteiger partial charge in [-0.1, -0.05) is 19.7 Å². The smallest absolute Gasteiger partial charge is 0.126 e. The summed E-state index contributed by atoms with van der Waals surface area (Å²) >= 11 is 0. The van der Waals surface area contributed by atoms with Crippen LogP contribution < -0.4 is 0 Å². The minimum absolute atomic E-state index is 0. The van der Waals surface area contributed by atoms with Gasteiger partial charge >= 0.3 is 0 Å². The maximum absolute atomic E-state index is 4.43. The van der Waals surface area contributed by atoms with E-state index >= 15 is 0 Å². The first kappa shape index (κ1) is 21.8. The van der Waals surface area contributed by atoms with Gasteiger partial charge in [0.15, 0.2) is 0 Å². The Morgan fingerprint density at radius 2 is 0.963 bits per heavy atom. The van der Waals surface area contributed by atoms with Crippen molar-refractivity contribution in [3.63, 3.8) is 0 Å². The molecule has 0 fully saturated rings. The molecular weight excluding hydrogens is 346 g/mol. The maximum atomic E-state index is 4.43. The van der Waals surface area contributed by atoms with Crippen molar-refractivity contribution in [2.45, 2.75) is 19.6 Å². The molecule has 3 rings (SSSR count). The Bertz CT molecular complexity index is 763. The number of hydrogen-bond acceptors (Lipinski definition) is 4. The molecule has 3 aromatic heterocycles. The molecule has 0 amide bonds. The lowest BCUT2D eigenvalue weighted by Crippen LogP contribution is -2.26. The predicted molar refractivity (Wildman–Crippen MR) is 106 cm³/mol. The second-order valence-corrected chi connectivity index (χ2v) is 5.45. The van der Waals surface area contributed by atoms with Gasteiger partial charge in [0, 0.05) is 55.8 Å². The standard InChI is InChI=1S/C18H21N7.2H2O/c1-4-23-10-7-19-16(23)13-22(14-17-20-8-11-24(17)5-2)15-18-21-9-12-25(18)6-3;;/h4-12H,1-3,13-15H2;2*1H2. The second kappa shape index (κ2) is 10.0. The molecule has 9 heteroatoms. The molecule has 0 aliphatic heterocycles. The molecule has 3 heterocycles. The van der Waals surface area contributed by atoms with Crippen molar-refractivity contribution in [1.29, 1.82) is 0 Å². The van der Waals surface area contributed by atoms with Crippen LogP contribution in [-0.4, -0.2) is 44.5 Å². The maximum Gasteiger partial charge on any atom is 0.126 e. The van der Waals surface area contributed by atoms with E-state index in [9.17, 15) is 0 Å². The molecule has 0 aliphatic carbocycles. The predicted octanol–water partition coefficient (Wildman–Crippen LogP) is 1.13. The van der Waals surface area contributed by atoms with Gasteiger partial charge < -0.3 is 24.7 Å². The van der Waals surface area contributed by atoms with Crippen molar-refractivity contribution in [1.82, 2.24) is 33.6 Å². The number of hydrogen-bond donors (Lipinski definition) is 0. The average molecular weight is 371 g/mol. The van der Waals surface area contributed by atoms with Crippen molar-refractivity contribution < 1.29 is 11.0 Å². The van der Waals surface area contributed by atoms with Gasteiger partial charge in [0.05, 0.1) is 19.6 Å². The zero-order chi connectivity index (χ0) is 17.6. The lowest BCUT2D eigenvalue weighted by molar-refractivity contribution is 0.227. The molecule has 3 aromatic rings. The topological polar surface area (TPSA) is 120 Å². The summed E-state index contributed by atoms with van der Waals surface area (Å²) in [6.07, 6.45) is 16.2. The van der Waals surface area contributed by atoms with E-state index in [1.54, 1.807) is 37.2 Å². The molecule has 4 N–H and O–H groups in total. The normalized spacial score (nSPS) is 10.1. The summed E-state index contributed by atoms with van der Waals surface area (Å²) in [4.78, 5) is 15.5. The summed E-state index contributed by atoms with van der Waals surface area (Å²) in [6.45, 7) is 13.4. The van der Waals surface area contributed by atoms with Gasteiger partial charge in [0.2, 0.25) is 0 Å². The van der Waals surface area contributed by atoms with E-state index in [2.05, 4.69) is 39.6 Å². The first-order valence-electron chi connectivity index (χ1n) is 7.90. The Kier molecular flexibility index (Phi) is 8.08. The van der Waals surface area contributed by atoms with E-state index in [0.29, 0.717) is 19.6 Å².